The van der Waals surface area contributed by atoms with Gasteiger partial charge >= 0.3 is 0 Å². The van der Waals surface area contributed by atoms with Gasteiger partial charge in [0.1, 0.15) is 10.5 Å². The molecule has 0 amide bonds. The molecule has 0 atom stereocenters. The summed E-state index contributed by atoms with van der Waals surface area (Å²) in [5.74, 6) is 0.995. The molecule has 2 nitrogen and oxygen atoms in total. The van der Waals surface area contributed by atoms with Crippen LogP contribution in [-0.4, -0.2) is 9.55 Å². The van der Waals surface area contributed by atoms with Crippen molar-refractivity contribution in [1.82, 2.24) is 9.55 Å². The average molecular weight is 346 g/mol. The Bertz CT molecular complexity index is 940. The van der Waals surface area contributed by atoms with Crippen LogP contribution < -0.4 is 0 Å². The van der Waals surface area contributed by atoms with E-state index < -0.39 is 0 Å². The molecule has 0 spiro atoms. The normalized spacial score (nSPS) is 13.5. The van der Waals surface area contributed by atoms with E-state index in [-0.39, 0.29) is 0 Å². The standard InChI is InChI=1S/C22H22N2S/c1-16-11-13-18(14-12-16)21-23-22(25)19-9-5-6-10-20(19)24(21)15-17-7-3-2-4-8-17/h2-4,7-8,11-14H,5-6,9-10,15H2,1H3. The summed E-state index contributed by atoms with van der Waals surface area (Å²) in [5, 5.41) is 0. The van der Waals surface area contributed by atoms with Crippen molar-refractivity contribution in [2.24, 2.45) is 0 Å². The number of nitrogens with zero attached hydrogens (tertiary/aromatic N) is 2. The highest BCUT2D eigenvalue weighted by molar-refractivity contribution is 7.71. The Morgan fingerprint density at radius 1 is 0.960 bits per heavy atom. The van der Waals surface area contributed by atoms with E-state index >= 15 is 0 Å². The average Bonchev–Trinajstić information content (AvgIpc) is 2.66. The minimum atomic E-state index is 0.787. The molecule has 126 valence electrons. The van der Waals surface area contributed by atoms with Gasteiger partial charge in [0.2, 0.25) is 0 Å². The molecule has 1 aliphatic carbocycles. The van der Waals surface area contributed by atoms with Gasteiger partial charge in [-0.05, 0) is 38.2 Å². The molecule has 0 radical (unpaired) electrons. The molecule has 0 aliphatic heterocycles. The summed E-state index contributed by atoms with van der Waals surface area (Å²) in [7, 11) is 0. The van der Waals surface area contributed by atoms with Crippen LogP contribution in [0.3, 0.4) is 0 Å². The second-order valence-electron chi connectivity index (χ2n) is 6.81. The number of aryl methyl sites for hydroxylation is 1. The molecule has 0 saturated carbocycles. The maximum absolute atomic E-state index is 5.65. The number of rotatable bonds is 3. The molecule has 0 N–H and O–H groups in total. The smallest absolute Gasteiger partial charge is 0.142 e. The van der Waals surface area contributed by atoms with Crippen LogP contribution in [0.5, 0.6) is 0 Å². The Balaban J connectivity index is 1.91. The van der Waals surface area contributed by atoms with Crippen molar-refractivity contribution in [1.29, 1.82) is 0 Å². The summed E-state index contributed by atoms with van der Waals surface area (Å²) in [6.45, 7) is 2.95. The molecule has 25 heavy (non-hydrogen) atoms. The van der Waals surface area contributed by atoms with Crippen LogP contribution >= 0.6 is 12.2 Å². The largest absolute Gasteiger partial charge is 0.325 e. The lowest BCUT2D eigenvalue weighted by atomic mass is 9.96. The number of aromatic nitrogens is 2. The van der Waals surface area contributed by atoms with Gasteiger partial charge in [0.05, 0.1) is 0 Å². The van der Waals surface area contributed by atoms with Gasteiger partial charge in [-0.15, -0.1) is 0 Å². The Hall–Kier alpha value is -2.26. The zero-order chi connectivity index (χ0) is 17.2. The summed E-state index contributed by atoms with van der Waals surface area (Å²) in [6.07, 6.45) is 4.60. The van der Waals surface area contributed by atoms with Gasteiger partial charge in [-0.3, -0.25) is 0 Å². The number of benzene rings is 2. The SMILES string of the molecule is Cc1ccc(-c2nc(=S)c3c(n2Cc2ccccc2)CCCC3)cc1. The van der Waals surface area contributed by atoms with Gasteiger partial charge in [0.25, 0.3) is 0 Å². The van der Waals surface area contributed by atoms with Crippen LogP contribution in [-0.2, 0) is 19.4 Å². The topological polar surface area (TPSA) is 17.8 Å². The Labute approximate surface area is 154 Å². The molecule has 0 unspecified atom stereocenters. The van der Waals surface area contributed by atoms with Crippen LogP contribution in [0.4, 0.5) is 0 Å². The van der Waals surface area contributed by atoms with Crippen molar-refractivity contribution < 1.29 is 0 Å². The van der Waals surface area contributed by atoms with E-state index in [2.05, 4.69) is 66.1 Å². The fourth-order valence-electron chi connectivity index (χ4n) is 3.63. The van der Waals surface area contributed by atoms with Crippen molar-refractivity contribution in [3.63, 3.8) is 0 Å². The fourth-order valence-corrected chi connectivity index (χ4v) is 3.94. The maximum Gasteiger partial charge on any atom is 0.142 e. The van der Waals surface area contributed by atoms with E-state index in [1.165, 1.54) is 35.2 Å². The zero-order valence-corrected chi connectivity index (χ0v) is 15.4. The van der Waals surface area contributed by atoms with Crippen LogP contribution in [0, 0.1) is 11.6 Å². The van der Waals surface area contributed by atoms with Gasteiger partial charge in [0, 0.05) is 23.4 Å². The predicted molar refractivity (Wildman–Crippen MR) is 105 cm³/mol. The third kappa shape index (κ3) is 3.29. The highest BCUT2D eigenvalue weighted by atomic mass is 32.1. The van der Waals surface area contributed by atoms with Gasteiger partial charge in [-0.2, -0.15) is 0 Å². The van der Waals surface area contributed by atoms with Crippen molar-refractivity contribution in [2.75, 3.05) is 0 Å². The monoisotopic (exact) mass is 346 g/mol. The Morgan fingerprint density at radius 2 is 1.68 bits per heavy atom. The van der Waals surface area contributed by atoms with Crippen molar-refractivity contribution in [2.45, 2.75) is 39.2 Å². The van der Waals surface area contributed by atoms with Gasteiger partial charge in [-0.1, -0.05) is 72.4 Å². The first-order valence-corrected chi connectivity index (χ1v) is 9.37. The second-order valence-corrected chi connectivity index (χ2v) is 7.20. The van der Waals surface area contributed by atoms with Crippen molar-refractivity contribution in [3.8, 4) is 11.4 Å². The fraction of sp³-hybridized carbons (Fsp3) is 0.273. The van der Waals surface area contributed by atoms with E-state index in [1.807, 2.05) is 0 Å². The summed E-state index contributed by atoms with van der Waals surface area (Å²) >= 11 is 5.65. The van der Waals surface area contributed by atoms with E-state index in [0.29, 0.717) is 0 Å². The van der Waals surface area contributed by atoms with E-state index in [1.54, 1.807) is 0 Å². The third-order valence-electron chi connectivity index (χ3n) is 4.98. The lowest BCUT2D eigenvalue weighted by Gasteiger charge is -2.24. The molecule has 0 bridgehead atoms. The van der Waals surface area contributed by atoms with E-state index in [0.717, 1.165) is 35.4 Å². The summed E-state index contributed by atoms with van der Waals surface area (Å²) in [4.78, 5) is 4.86. The lowest BCUT2D eigenvalue weighted by Crippen LogP contribution is -2.18. The highest BCUT2D eigenvalue weighted by Crippen LogP contribution is 2.28. The van der Waals surface area contributed by atoms with Crippen LogP contribution in [0.2, 0.25) is 0 Å². The lowest BCUT2D eigenvalue weighted by molar-refractivity contribution is 0.604. The first kappa shape index (κ1) is 16.2. The second kappa shape index (κ2) is 6.93. The molecule has 3 aromatic rings. The van der Waals surface area contributed by atoms with Crippen molar-refractivity contribution in [3.05, 3.63) is 81.6 Å². The molecule has 3 heteroatoms. The summed E-state index contributed by atoms with van der Waals surface area (Å²) in [5.41, 5.74) is 6.36. The molecule has 2 aromatic carbocycles. The van der Waals surface area contributed by atoms with Crippen LogP contribution in [0.15, 0.2) is 54.6 Å². The maximum atomic E-state index is 5.65. The molecule has 1 heterocycles. The predicted octanol–water partition coefficient (Wildman–Crippen LogP) is 5.52. The molecular formula is C22H22N2S. The van der Waals surface area contributed by atoms with Gasteiger partial charge in [0.15, 0.2) is 0 Å². The van der Waals surface area contributed by atoms with Gasteiger partial charge < -0.3 is 4.57 Å². The third-order valence-corrected chi connectivity index (χ3v) is 5.32. The minimum absolute atomic E-state index is 0.787. The van der Waals surface area contributed by atoms with E-state index in [9.17, 15) is 0 Å². The molecule has 0 fully saturated rings. The zero-order valence-electron chi connectivity index (χ0n) is 14.5. The molecule has 4 rings (SSSR count). The number of hydrogen-bond donors (Lipinski definition) is 0. The first-order chi connectivity index (χ1) is 12.2. The van der Waals surface area contributed by atoms with Crippen LogP contribution in [0.25, 0.3) is 11.4 Å². The Morgan fingerprint density at radius 3 is 2.44 bits per heavy atom. The minimum Gasteiger partial charge on any atom is -0.325 e. The van der Waals surface area contributed by atoms with E-state index in [4.69, 9.17) is 17.2 Å². The highest BCUT2D eigenvalue weighted by Gasteiger charge is 2.19. The van der Waals surface area contributed by atoms with Gasteiger partial charge in [-0.25, -0.2) is 4.98 Å². The quantitative estimate of drug-likeness (QED) is 0.582. The first-order valence-electron chi connectivity index (χ1n) is 8.96. The number of hydrogen-bond acceptors (Lipinski definition) is 2. The van der Waals surface area contributed by atoms with Crippen molar-refractivity contribution >= 4 is 12.2 Å². The molecular weight excluding hydrogens is 324 g/mol. The molecule has 1 aromatic heterocycles. The Kier molecular flexibility index (Phi) is 4.50. The molecule has 0 saturated heterocycles. The van der Waals surface area contributed by atoms with Crippen LogP contribution in [0.1, 0.15) is 35.2 Å². The summed E-state index contributed by atoms with van der Waals surface area (Å²) in [6, 6.07) is 19.2. The number of fused-ring (bicyclic) bond motifs is 1. The summed E-state index contributed by atoms with van der Waals surface area (Å²) < 4.78 is 3.18. The molecule has 1 aliphatic rings.